The number of unbranched alkanes of at least 4 members (excludes halogenated alkanes) is 53. The number of amides is 1. The van der Waals surface area contributed by atoms with Crippen molar-refractivity contribution in [2.24, 2.45) is 0 Å². The van der Waals surface area contributed by atoms with Gasteiger partial charge >= 0.3 is 5.97 Å². The number of hydrogen-bond donors (Lipinski definition) is 6. The van der Waals surface area contributed by atoms with Gasteiger partial charge in [-0.3, -0.25) is 9.59 Å². The number of aliphatic hydroxyl groups is 5. The van der Waals surface area contributed by atoms with Gasteiger partial charge in [0.05, 0.1) is 25.4 Å². The first kappa shape index (κ1) is 87.9. The summed E-state index contributed by atoms with van der Waals surface area (Å²) >= 11 is 0. The maximum atomic E-state index is 13.5. The first-order valence-electron chi connectivity index (χ1n) is 40.3. The van der Waals surface area contributed by atoms with Crippen LogP contribution in [-0.2, 0) is 23.8 Å². The second-order valence-corrected chi connectivity index (χ2v) is 28.2. The summed E-state index contributed by atoms with van der Waals surface area (Å²) in [6.45, 7) is 5.84. The molecule has 11 nitrogen and oxygen atoms in total. The van der Waals surface area contributed by atoms with Crippen LogP contribution < -0.4 is 5.32 Å². The monoisotopic (exact) mass is 1300 g/mol. The van der Waals surface area contributed by atoms with Crippen molar-refractivity contribution in [3.05, 3.63) is 36.5 Å². The van der Waals surface area contributed by atoms with E-state index in [1.807, 2.05) is 6.08 Å². The Labute approximate surface area is 568 Å². The van der Waals surface area contributed by atoms with E-state index in [1.54, 1.807) is 6.08 Å². The number of rotatable bonds is 71. The van der Waals surface area contributed by atoms with E-state index in [9.17, 15) is 35.1 Å². The summed E-state index contributed by atoms with van der Waals surface area (Å²) in [5.41, 5.74) is 0. The second-order valence-electron chi connectivity index (χ2n) is 28.2. The van der Waals surface area contributed by atoms with Gasteiger partial charge in [0.1, 0.15) is 24.4 Å². The van der Waals surface area contributed by atoms with Crippen molar-refractivity contribution in [3.8, 4) is 0 Å². The Bertz CT molecular complexity index is 1640. The highest BCUT2D eigenvalue weighted by molar-refractivity contribution is 5.80. The van der Waals surface area contributed by atoms with Crippen molar-refractivity contribution >= 4 is 11.9 Å². The Morgan fingerprint density at radius 2 is 0.750 bits per heavy atom. The van der Waals surface area contributed by atoms with Crippen LogP contribution in [0.1, 0.15) is 406 Å². The predicted molar refractivity (Wildman–Crippen MR) is 389 cm³/mol. The molecule has 1 heterocycles. The maximum Gasteiger partial charge on any atom is 0.306 e. The molecule has 8 unspecified atom stereocenters. The second kappa shape index (κ2) is 68.8. The van der Waals surface area contributed by atoms with Crippen molar-refractivity contribution in [1.29, 1.82) is 0 Å². The predicted octanol–water partition coefficient (Wildman–Crippen LogP) is 21.7. The molecule has 11 heteroatoms. The summed E-state index contributed by atoms with van der Waals surface area (Å²) in [6.07, 6.45) is 76.4. The first-order valence-corrected chi connectivity index (χ1v) is 40.3. The molecule has 1 saturated heterocycles. The summed E-state index contributed by atoms with van der Waals surface area (Å²) in [7, 11) is 0. The lowest BCUT2D eigenvalue weighted by Crippen LogP contribution is -2.61. The molecule has 1 amide bonds. The van der Waals surface area contributed by atoms with Crippen molar-refractivity contribution in [1.82, 2.24) is 5.32 Å². The van der Waals surface area contributed by atoms with Gasteiger partial charge < -0.3 is 45.1 Å². The van der Waals surface area contributed by atoms with Crippen molar-refractivity contribution in [3.63, 3.8) is 0 Å². The minimum atomic E-state index is -1.61. The number of nitrogens with one attached hydrogen (secondary N) is 1. The number of carbonyl (C=O) groups is 2. The van der Waals surface area contributed by atoms with Crippen LogP contribution in [0.25, 0.3) is 0 Å². The van der Waals surface area contributed by atoms with Gasteiger partial charge in [-0.2, -0.15) is 0 Å². The molecule has 92 heavy (non-hydrogen) atoms. The number of aliphatic hydroxyl groups excluding tert-OH is 5. The van der Waals surface area contributed by atoms with Crippen LogP contribution in [0, 0.1) is 0 Å². The van der Waals surface area contributed by atoms with Gasteiger partial charge in [-0.05, 0) is 57.8 Å². The Morgan fingerprint density at radius 3 is 1.13 bits per heavy atom. The van der Waals surface area contributed by atoms with E-state index >= 15 is 0 Å². The van der Waals surface area contributed by atoms with Gasteiger partial charge in [0.25, 0.3) is 0 Å². The topological polar surface area (TPSA) is 175 Å². The van der Waals surface area contributed by atoms with Crippen LogP contribution in [0.3, 0.4) is 0 Å². The molecular weight excluding hydrogens is 1150 g/mol. The SMILES string of the molecule is CCCCC/C=C\C/C=C\CCCCCCCCCCCCCCCCCC(=O)OC1C(OCC(NC(=O)C(O)CCCCCCCCCCCCCCCCCCCCCCCCCCCC)C(O)/C=C/CCCCCCCCCCCC)OC(CO)C(O)C1O. The molecule has 0 bridgehead atoms. The fraction of sp³-hybridized carbons (Fsp3) is 0.901. The van der Waals surface area contributed by atoms with E-state index in [1.165, 1.54) is 295 Å². The standard InChI is InChI=1S/C81H153NO10/c1-4-7-10-13-16-19-22-25-27-29-31-33-35-37-39-40-42-44-46-48-50-53-56-59-62-65-68-74(85)80(89)82-72(73(84)67-64-61-58-55-52-24-21-18-15-12-9-6-3)71-90-81-79(78(88)77(87)75(70-83)91-81)92-76(86)69-66-63-60-57-54-51-49-47-45-43-41-38-36-34-32-30-28-26-23-20-17-14-11-8-5-2/h17,20,26,28,64,67,72-75,77-79,81,83-85,87-88H,4-16,18-19,21-25,27,29-63,65-66,68-71H2,1-3H3,(H,82,89)/b20-17-,28-26-,67-64+. The third-order valence-corrected chi connectivity index (χ3v) is 19.3. The van der Waals surface area contributed by atoms with Crippen molar-refractivity contribution in [2.75, 3.05) is 13.2 Å². The molecule has 1 fully saturated rings. The van der Waals surface area contributed by atoms with E-state index in [-0.39, 0.29) is 13.0 Å². The molecule has 1 rings (SSSR count). The van der Waals surface area contributed by atoms with Gasteiger partial charge in [-0.25, -0.2) is 0 Å². The summed E-state index contributed by atoms with van der Waals surface area (Å²) in [4.78, 5) is 26.8. The zero-order valence-electron chi connectivity index (χ0n) is 60.7. The molecule has 0 aromatic carbocycles. The number of hydrogen-bond acceptors (Lipinski definition) is 10. The van der Waals surface area contributed by atoms with Crippen LogP contribution in [-0.4, -0.2) is 99.6 Å². The summed E-state index contributed by atoms with van der Waals surface area (Å²) in [5, 5.41) is 57.4. The molecule has 0 spiro atoms. The largest absolute Gasteiger partial charge is 0.454 e. The average Bonchev–Trinajstić information content (AvgIpc) is 0.875. The van der Waals surface area contributed by atoms with Crippen LogP contribution >= 0.6 is 0 Å². The van der Waals surface area contributed by atoms with E-state index in [0.717, 1.165) is 64.2 Å². The zero-order chi connectivity index (χ0) is 66.7. The molecular formula is C81H153NO10. The maximum absolute atomic E-state index is 13.5. The van der Waals surface area contributed by atoms with E-state index in [4.69, 9.17) is 14.2 Å². The van der Waals surface area contributed by atoms with Crippen LogP contribution in [0.4, 0.5) is 0 Å². The third kappa shape index (κ3) is 54.9. The first-order chi connectivity index (χ1) is 45.2. The molecule has 542 valence electrons. The van der Waals surface area contributed by atoms with Gasteiger partial charge in [0, 0.05) is 6.42 Å². The highest BCUT2D eigenvalue weighted by Gasteiger charge is 2.47. The quantitative estimate of drug-likeness (QED) is 0.0195. The summed E-state index contributed by atoms with van der Waals surface area (Å²) < 4.78 is 17.8. The molecule has 0 aromatic heterocycles. The van der Waals surface area contributed by atoms with Crippen LogP contribution in [0.5, 0.6) is 0 Å². The van der Waals surface area contributed by atoms with E-state index in [2.05, 4.69) is 50.4 Å². The summed E-state index contributed by atoms with van der Waals surface area (Å²) in [5.74, 6) is -1.17. The summed E-state index contributed by atoms with van der Waals surface area (Å²) in [6, 6.07) is -1.02. The minimum absolute atomic E-state index is 0.127. The fourth-order valence-electron chi connectivity index (χ4n) is 13.0. The normalized spacial score (nSPS) is 18.0. The molecule has 8 atom stereocenters. The lowest BCUT2D eigenvalue weighted by molar-refractivity contribution is -0.305. The number of esters is 1. The Hall–Kier alpha value is -2.12. The number of allylic oxidation sites excluding steroid dienone is 5. The van der Waals surface area contributed by atoms with E-state index < -0.39 is 67.4 Å². The van der Waals surface area contributed by atoms with Crippen molar-refractivity contribution in [2.45, 2.75) is 455 Å². The Kier molecular flexibility index (Phi) is 65.7. The molecule has 6 N–H and O–H groups in total. The fourth-order valence-corrected chi connectivity index (χ4v) is 13.0. The highest BCUT2D eigenvalue weighted by Crippen LogP contribution is 2.27. The van der Waals surface area contributed by atoms with Crippen LogP contribution in [0.15, 0.2) is 36.5 Å². The highest BCUT2D eigenvalue weighted by atomic mass is 16.7. The zero-order valence-corrected chi connectivity index (χ0v) is 60.7. The van der Waals surface area contributed by atoms with Gasteiger partial charge in [0.15, 0.2) is 12.4 Å². The Morgan fingerprint density at radius 1 is 0.424 bits per heavy atom. The molecule has 0 saturated carbocycles. The molecule has 1 aliphatic heterocycles. The number of carbonyl (C=O) groups excluding carboxylic acids is 2. The molecule has 0 aromatic rings. The Balaban J connectivity index is 2.47. The lowest BCUT2D eigenvalue weighted by atomic mass is 9.99. The van der Waals surface area contributed by atoms with E-state index in [0.29, 0.717) is 19.3 Å². The van der Waals surface area contributed by atoms with Crippen LogP contribution in [0.2, 0.25) is 0 Å². The molecule has 1 aliphatic rings. The third-order valence-electron chi connectivity index (χ3n) is 19.3. The smallest absolute Gasteiger partial charge is 0.306 e. The van der Waals surface area contributed by atoms with Gasteiger partial charge in [0.2, 0.25) is 5.91 Å². The number of ether oxygens (including phenoxy) is 3. The molecule has 0 radical (unpaired) electrons. The van der Waals surface area contributed by atoms with Crippen molar-refractivity contribution < 1.29 is 49.3 Å². The molecule has 0 aliphatic carbocycles. The lowest BCUT2D eigenvalue weighted by Gasteiger charge is -2.41. The average molecular weight is 1300 g/mol. The van der Waals surface area contributed by atoms with Gasteiger partial charge in [-0.1, -0.05) is 378 Å². The minimum Gasteiger partial charge on any atom is -0.454 e. The van der Waals surface area contributed by atoms with Gasteiger partial charge in [-0.15, -0.1) is 0 Å².